The third-order valence-electron chi connectivity index (χ3n) is 2.83. The number of hydrogen-bond donors (Lipinski definition) is 3. The SMILES string of the molecule is CCC(N)C(=O)N[C@@H]1CCCC[C@H]1O. The Hall–Kier alpha value is -0.610. The number of rotatable bonds is 3. The van der Waals surface area contributed by atoms with E-state index in [2.05, 4.69) is 5.32 Å². The van der Waals surface area contributed by atoms with Crippen molar-refractivity contribution in [3.05, 3.63) is 0 Å². The molecule has 4 N–H and O–H groups in total. The van der Waals surface area contributed by atoms with E-state index in [9.17, 15) is 9.90 Å². The van der Waals surface area contributed by atoms with E-state index in [1.165, 1.54) is 0 Å². The lowest BCUT2D eigenvalue weighted by Crippen LogP contribution is -2.50. The molecule has 0 aromatic heterocycles. The van der Waals surface area contributed by atoms with Crippen LogP contribution in [0.15, 0.2) is 0 Å². The number of carbonyl (C=O) groups excluding carboxylic acids is 1. The molecule has 1 amide bonds. The summed E-state index contributed by atoms with van der Waals surface area (Å²) in [4.78, 5) is 11.4. The lowest BCUT2D eigenvalue weighted by molar-refractivity contribution is -0.124. The van der Waals surface area contributed by atoms with Crippen LogP contribution in [0.3, 0.4) is 0 Å². The van der Waals surface area contributed by atoms with Gasteiger partial charge in [0, 0.05) is 0 Å². The summed E-state index contributed by atoms with van der Waals surface area (Å²) < 4.78 is 0. The molecule has 82 valence electrons. The van der Waals surface area contributed by atoms with E-state index in [-0.39, 0.29) is 11.9 Å². The van der Waals surface area contributed by atoms with Gasteiger partial charge in [0.1, 0.15) is 0 Å². The molecule has 0 aliphatic heterocycles. The number of aliphatic hydroxyl groups is 1. The fraction of sp³-hybridized carbons (Fsp3) is 0.900. The van der Waals surface area contributed by atoms with Crippen LogP contribution >= 0.6 is 0 Å². The summed E-state index contributed by atoms with van der Waals surface area (Å²) in [7, 11) is 0. The van der Waals surface area contributed by atoms with Gasteiger partial charge in [0.2, 0.25) is 5.91 Å². The summed E-state index contributed by atoms with van der Waals surface area (Å²) in [5.74, 6) is -0.140. The number of carbonyl (C=O) groups is 1. The van der Waals surface area contributed by atoms with Gasteiger partial charge in [-0.1, -0.05) is 19.8 Å². The minimum absolute atomic E-state index is 0.0890. The van der Waals surface area contributed by atoms with Gasteiger partial charge in [-0.25, -0.2) is 0 Å². The highest BCUT2D eigenvalue weighted by Crippen LogP contribution is 2.18. The van der Waals surface area contributed by atoms with Crippen LogP contribution in [0, 0.1) is 0 Å². The van der Waals surface area contributed by atoms with E-state index in [0.717, 1.165) is 25.7 Å². The largest absolute Gasteiger partial charge is 0.391 e. The molecule has 14 heavy (non-hydrogen) atoms. The summed E-state index contributed by atoms with van der Waals surface area (Å²) in [5.41, 5.74) is 5.59. The van der Waals surface area contributed by atoms with Crippen LogP contribution in [-0.4, -0.2) is 29.2 Å². The molecule has 4 heteroatoms. The van der Waals surface area contributed by atoms with Crippen LogP contribution in [0.4, 0.5) is 0 Å². The molecular formula is C10H20N2O2. The Labute approximate surface area is 84.9 Å². The number of nitrogens with one attached hydrogen (secondary N) is 1. The predicted octanol–water partition coefficient (Wildman–Crippen LogP) is 0.143. The predicted molar refractivity (Wildman–Crippen MR) is 54.7 cm³/mol. The molecular weight excluding hydrogens is 180 g/mol. The Bertz CT molecular complexity index is 197. The molecule has 3 atom stereocenters. The van der Waals surface area contributed by atoms with Gasteiger partial charge in [-0.15, -0.1) is 0 Å². The highest BCUT2D eigenvalue weighted by Gasteiger charge is 2.25. The van der Waals surface area contributed by atoms with Crippen molar-refractivity contribution in [2.75, 3.05) is 0 Å². The van der Waals surface area contributed by atoms with Crippen LogP contribution in [-0.2, 0) is 4.79 Å². The smallest absolute Gasteiger partial charge is 0.237 e. The van der Waals surface area contributed by atoms with E-state index in [4.69, 9.17) is 5.73 Å². The molecule has 0 saturated heterocycles. The minimum atomic E-state index is -0.441. The average Bonchev–Trinajstić information content (AvgIpc) is 2.20. The van der Waals surface area contributed by atoms with Crippen LogP contribution in [0.5, 0.6) is 0 Å². The molecule has 1 aliphatic carbocycles. The average molecular weight is 200 g/mol. The second kappa shape index (κ2) is 5.32. The molecule has 1 fully saturated rings. The Morgan fingerprint density at radius 1 is 1.57 bits per heavy atom. The molecule has 0 heterocycles. The fourth-order valence-corrected chi connectivity index (χ4v) is 1.75. The van der Waals surface area contributed by atoms with Gasteiger partial charge in [-0.2, -0.15) is 0 Å². The number of amides is 1. The second-order valence-electron chi connectivity index (χ2n) is 3.98. The minimum Gasteiger partial charge on any atom is -0.391 e. The molecule has 1 saturated carbocycles. The summed E-state index contributed by atoms with van der Waals surface area (Å²) >= 11 is 0. The first-order valence-corrected chi connectivity index (χ1v) is 5.39. The monoisotopic (exact) mass is 200 g/mol. The summed E-state index contributed by atoms with van der Waals surface area (Å²) in [6.07, 6.45) is 4.01. The molecule has 0 aromatic carbocycles. The summed E-state index contributed by atoms with van der Waals surface area (Å²) in [6.45, 7) is 1.88. The second-order valence-corrected chi connectivity index (χ2v) is 3.98. The Morgan fingerprint density at radius 3 is 2.79 bits per heavy atom. The van der Waals surface area contributed by atoms with Gasteiger partial charge in [0.15, 0.2) is 0 Å². The van der Waals surface area contributed by atoms with Gasteiger partial charge in [-0.05, 0) is 19.3 Å². The lowest BCUT2D eigenvalue weighted by atomic mass is 9.92. The van der Waals surface area contributed by atoms with Crippen LogP contribution < -0.4 is 11.1 Å². The first kappa shape index (κ1) is 11.5. The van der Waals surface area contributed by atoms with Crippen molar-refractivity contribution in [1.29, 1.82) is 0 Å². The zero-order valence-electron chi connectivity index (χ0n) is 8.70. The number of hydrogen-bond acceptors (Lipinski definition) is 3. The van der Waals surface area contributed by atoms with E-state index in [1.54, 1.807) is 0 Å². The molecule has 1 rings (SSSR count). The normalized spacial score (nSPS) is 29.6. The zero-order chi connectivity index (χ0) is 10.6. The van der Waals surface area contributed by atoms with Crippen molar-refractivity contribution in [3.63, 3.8) is 0 Å². The molecule has 0 spiro atoms. The summed E-state index contributed by atoms with van der Waals surface area (Å²) in [6, 6.07) is -0.530. The van der Waals surface area contributed by atoms with E-state index < -0.39 is 12.1 Å². The topological polar surface area (TPSA) is 75.4 Å². The first-order valence-electron chi connectivity index (χ1n) is 5.39. The maximum absolute atomic E-state index is 11.4. The van der Waals surface area contributed by atoms with Gasteiger partial charge in [-0.3, -0.25) is 4.79 Å². The Morgan fingerprint density at radius 2 is 2.21 bits per heavy atom. The van der Waals surface area contributed by atoms with Crippen LogP contribution in [0.1, 0.15) is 39.0 Å². The van der Waals surface area contributed by atoms with Gasteiger partial charge in [0.25, 0.3) is 0 Å². The molecule has 0 aromatic rings. The van der Waals surface area contributed by atoms with Gasteiger partial charge in [0.05, 0.1) is 18.2 Å². The molecule has 0 bridgehead atoms. The molecule has 4 nitrogen and oxygen atoms in total. The standard InChI is InChI=1S/C10H20N2O2/c1-2-7(11)10(14)12-8-5-3-4-6-9(8)13/h7-9,13H,2-6,11H2,1H3,(H,12,14)/t7?,8-,9-/m1/s1. The third kappa shape index (κ3) is 2.96. The molecule has 1 unspecified atom stereocenters. The van der Waals surface area contributed by atoms with E-state index in [0.29, 0.717) is 6.42 Å². The summed E-state index contributed by atoms with van der Waals surface area (Å²) in [5, 5.41) is 12.4. The van der Waals surface area contributed by atoms with Crippen molar-refractivity contribution in [2.45, 2.75) is 57.2 Å². The van der Waals surface area contributed by atoms with Gasteiger partial charge < -0.3 is 16.2 Å². The van der Waals surface area contributed by atoms with E-state index >= 15 is 0 Å². The first-order chi connectivity index (χ1) is 6.65. The zero-order valence-corrected chi connectivity index (χ0v) is 8.70. The van der Waals surface area contributed by atoms with Crippen molar-refractivity contribution in [3.8, 4) is 0 Å². The fourth-order valence-electron chi connectivity index (χ4n) is 1.75. The van der Waals surface area contributed by atoms with Crippen molar-refractivity contribution < 1.29 is 9.90 Å². The van der Waals surface area contributed by atoms with Gasteiger partial charge >= 0.3 is 0 Å². The highest BCUT2D eigenvalue weighted by molar-refractivity contribution is 5.81. The number of nitrogens with two attached hydrogens (primary N) is 1. The van der Waals surface area contributed by atoms with Crippen molar-refractivity contribution in [1.82, 2.24) is 5.32 Å². The molecule has 0 radical (unpaired) electrons. The number of aliphatic hydroxyl groups excluding tert-OH is 1. The van der Waals surface area contributed by atoms with Crippen molar-refractivity contribution in [2.24, 2.45) is 5.73 Å². The third-order valence-corrected chi connectivity index (χ3v) is 2.83. The van der Waals surface area contributed by atoms with E-state index in [1.807, 2.05) is 6.92 Å². The maximum atomic E-state index is 11.4. The van der Waals surface area contributed by atoms with Crippen molar-refractivity contribution >= 4 is 5.91 Å². The maximum Gasteiger partial charge on any atom is 0.237 e. The Kier molecular flexibility index (Phi) is 4.35. The molecule has 1 aliphatic rings. The van der Waals surface area contributed by atoms with Crippen LogP contribution in [0.2, 0.25) is 0 Å². The van der Waals surface area contributed by atoms with Crippen LogP contribution in [0.25, 0.3) is 0 Å². The highest BCUT2D eigenvalue weighted by atomic mass is 16.3. The Balaban J connectivity index is 2.38. The lowest BCUT2D eigenvalue weighted by Gasteiger charge is -2.29. The quantitative estimate of drug-likeness (QED) is 0.606.